The maximum Gasteiger partial charge on any atom is 0.253 e. The van der Waals surface area contributed by atoms with Crippen LogP contribution in [0.25, 0.3) is 11.3 Å². The van der Waals surface area contributed by atoms with Crippen molar-refractivity contribution in [1.82, 2.24) is 20.1 Å². The van der Waals surface area contributed by atoms with Gasteiger partial charge < -0.3 is 9.80 Å². The molecule has 1 amide bonds. The van der Waals surface area contributed by atoms with Crippen LogP contribution in [-0.4, -0.2) is 52.2 Å². The van der Waals surface area contributed by atoms with Gasteiger partial charge in [0.25, 0.3) is 5.91 Å². The maximum absolute atomic E-state index is 12.8. The Morgan fingerprint density at radius 3 is 2.39 bits per heavy atom. The second-order valence-electron chi connectivity index (χ2n) is 7.10. The van der Waals surface area contributed by atoms with Crippen LogP contribution in [0.2, 0.25) is 0 Å². The third-order valence-electron chi connectivity index (χ3n) is 5.25. The standard InChI is InChI=1S/C22H23N5O/c1-16-5-6-18(14-17(16)2)22(28)27-12-10-26(11-13-27)21-8-7-20(24-25-21)19-4-3-9-23-15-19/h3-9,14-15H,10-13H2,1-2H3. The van der Waals surface area contributed by atoms with Crippen molar-refractivity contribution in [3.8, 4) is 11.3 Å². The highest BCUT2D eigenvalue weighted by atomic mass is 16.2. The number of benzene rings is 1. The molecule has 0 atom stereocenters. The molecule has 0 bridgehead atoms. The zero-order valence-electron chi connectivity index (χ0n) is 16.2. The van der Waals surface area contributed by atoms with Gasteiger partial charge in [-0.3, -0.25) is 9.78 Å². The first-order chi connectivity index (χ1) is 13.6. The van der Waals surface area contributed by atoms with E-state index in [1.807, 2.05) is 54.3 Å². The van der Waals surface area contributed by atoms with Gasteiger partial charge in [-0.2, -0.15) is 0 Å². The summed E-state index contributed by atoms with van der Waals surface area (Å²) in [5, 5.41) is 8.70. The van der Waals surface area contributed by atoms with E-state index in [2.05, 4.69) is 27.0 Å². The molecule has 2 aromatic heterocycles. The number of carbonyl (C=O) groups excluding carboxylic acids is 1. The van der Waals surface area contributed by atoms with Crippen molar-refractivity contribution in [1.29, 1.82) is 0 Å². The van der Waals surface area contributed by atoms with Gasteiger partial charge >= 0.3 is 0 Å². The van der Waals surface area contributed by atoms with Gasteiger partial charge in [-0.05, 0) is 61.4 Å². The summed E-state index contributed by atoms with van der Waals surface area (Å²) in [5.74, 6) is 0.937. The molecule has 4 rings (SSSR count). The molecule has 6 heteroatoms. The van der Waals surface area contributed by atoms with Crippen LogP contribution >= 0.6 is 0 Å². The Labute approximate surface area is 164 Å². The van der Waals surface area contributed by atoms with Crippen molar-refractivity contribution in [3.63, 3.8) is 0 Å². The minimum Gasteiger partial charge on any atom is -0.352 e. The first-order valence-electron chi connectivity index (χ1n) is 9.47. The summed E-state index contributed by atoms with van der Waals surface area (Å²) >= 11 is 0. The lowest BCUT2D eigenvalue weighted by molar-refractivity contribution is 0.0746. The summed E-state index contributed by atoms with van der Waals surface area (Å²) in [7, 11) is 0. The molecule has 1 aliphatic heterocycles. The number of anilines is 1. The lowest BCUT2D eigenvalue weighted by atomic mass is 10.1. The van der Waals surface area contributed by atoms with Crippen molar-refractivity contribution in [2.45, 2.75) is 13.8 Å². The third-order valence-corrected chi connectivity index (χ3v) is 5.25. The molecule has 1 saturated heterocycles. The van der Waals surface area contributed by atoms with E-state index < -0.39 is 0 Å². The highest BCUT2D eigenvalue weighted by Crippen LogP contribution is 2.19. The first-order valence-corrected chi connectivity index (χ1v) is 9.47. The van der Waals surface area contributed by atoms with Crippen LogP contribution in [0.4, 0.5) is 5.82 Å². The minimum absolute atomic E-state index is 0.0979. The maximum atomic E-state index is 12.8. The highest BCUT2D eigenvalue weighted by molar-refractivity contribution is 5.94. The van der Waals surface area contributed by atoms with Crippen molar-refractivity contribution in [3.05, 3.63) is 71.5 Å². The summed E-state index contributed by atoms with van der Waals surface area (Å²) in [4.78, 5) is 21.0. The van der Waals surface area contributed by atoms with Crippen LogP contribution in [0.15, 0.2) is 54.9 Å². The van der Waals surface area contributed by atoms with Crippen molar-refractivity contribution in [2.24, 2.45) is 0 Å². The lowest BCUT2D eigenvalue weighted by Gasteiger charge is -2.35. The molecule has 28 heavy (non-hydrogen) atoms. The van der Waals surface area contributed by atoms with E-state index in [9.17, 15) is 4.79 Å². The van der Waals surface area contributed by atoms with E-state index in [1.54, 1.807) is 12.4 Å². The Balaban J connectivity index is 1.40. The van der Waals surface area contributed by atoms with Crippen LogP contribution in [0.3, 0.4) is 0 Å². The zero-order valence-corrected chi connectivity index (χ0v) is 16.2. The van der Waals surface area contributed by atoms with Gasteiger partial charge in [0.1, 0.15) is 0 Å². The number of pyridine rings is 1. The van der Waals surface area contributed by atoms with Crippen molar-refractivity contribution in [2.75, 3.05) is 31.1 Å². The number of hydrogen-bond acceptors (Lipinski definition) is 5. The molecule has 1 aliphatic rings. The van der Waals surface area contributed by atoms with E-state index in [-0.39, 0.29) is 5.91 Å². The fraction of sp³-hybridized carbons (Fsp3) is 0.273. The number of carbonyl (C=O) groups is 1. The quantitative estimate of drug-likeness (QED) is 0.706. The molecule has 0 N–H and O–H groups in total. The molecule has 0 saturated carbocycles. The van der Waals surface area contributed by atoms with Crippen molar-refractivity contribution >= 4 is 11.7 Å². The number of hydrogen-bond donors (Lipinski definition) is 0. The molecule has 0 radical (unpaired) electrons. The van der Waals surface area contributed by atoms with E-state index in [0.717, 1.165) is 41.3 Å². The van der Waals surface area contributed by atoms with Crippen LogP contribution < -0.4 is 4.90 Å². The number of nitrogens with zero attached hydrogens (tertiary/aromatic N) is 5. The van der Waals surface area contributed by atoms with E-state index >= 15 is 0 Å². The lowest BCUT2D eigenvalue weighted by Crippen LogP contribution is -2.49. The zero-order chi connectivity index (χ0) is 19.5. The number of aromatic nitrogens is 3. The van der Waals surface area contributed by atoms with Gasteiger partial charge in [0.05, 0.1) is 5.69 Å². The van der Waals surface area contributed by atoms with Gasteiger partial charge in [-0.25, -0.2) is 0 Å². The summed E-state index contributed by atoms with van der Waals surface area (Å²) in [6.07, 6.45) is 3.52. The van der Waals surface area contributed by atoms with E-state index in [4.69, 9.17) is 0 Å². The molecule has 0 unspecified atom stereocenters. The highest BCUT2D eigenvalue weighted by Gasteiger charge is 2.23. The van der Waals surface area contributed by atoms with Gasteiger partial charge in [0, 0.05) is 49.7 Å². The first kappa shape index (κ1) is 18.1. The fourth-order valence-corrected chi connectivity index (χ4v) is 3.36. The number of aryl methyl sites for hydroxylation is 2. The Morgan fingerprint density at radius 1 is 0.929 bits per heavy atom. The summed E-state index contributed by atoms with van der Waals surface area (Å²) in [6, 6.07) is 13.7. The molecule has 6 nitrogen and oxygen atoms in total. The molecular formula is C22H23N5O. The predicted octanol–water partition coefficient (Wildman–Crippen LogP) is 3.12. The molecule has 0 aliphatic carbocycles. The summed E-state index contributed by atoms with van der Waals surface area (Å²) in [6.45, 7) is 6.95. The summed E-state index contributed by atoms with van der Waals surface area (Å²) in [5.41, 5.74) is 4.87. The van der Waals surface area contributed by atoms with Gasteiger partial charge in [-0.1, -0.05) is 6.07 Å². The Bertz CT molecular complexity index is 964. The van der Waals surface area contributed by atoms with Crippen LogP contribution in [0.5, 0.6) is 0 Å². The molecular weight excluding hydrogens is 350 g/mol. The average molecular weight is 373 g/mol. The number of rotatable bonds is 3. The molecule has 142 valence electrons. The molecule has 1 fully saturated rings. The largest absolute Gasteiger partial charge is 0.352 e. The van der Waals surface area contributed by atoms with Crippen LogP contribution in [0, 0.1) is 13.8 Å². The Hall–Kier alpha value is -3.28. The number of piperazine rings is 1. The average Bonchev–Trinajstić information content (AvgIpc) is 2.76. The van der Waals surface area contributed by atoms with Crippen LogP contribution in [-0.2, 0) is 0 Å². The SMILES string of the molecule is Cc1ccc(C(=O)N2CCN(c3ccc(-c4cccnc4)nn3)CC2)cc1C. The predicted molar refractivity (Wildman–Crippen MR) is 109 cm³/mol. The van der Waals surface area contributed by atoms with Crippen molar-refractivity contribution < 1.29 is 4.79 Å². The topological polar surface area (TPSA) is 62.2 Å². The monoisotopic (exact) mass is 373 g/mol. The second-order valence-corrected chi connectivity index (χ2v) is 7.10. The summed E-state index contributed by atoms with van der Waals surface area (Å²) < 4.78 is 0. The number of amides is 1. The Morgan fingerprint density at radius 2 is 1.75 bits per heavy atom. The fourth-order valence-electron chi connectivity index (χ4n) is 3.36. The van der Waals surface area contributed by atoms with Gasteiger partial charge in [0.2, 0.25) is 0 Å². The second kappa shape index (κ2) is 7.76. The normalized spacial score (nSPS) is 14.2. The van der Waals surface area contributed by atoms with Gasteiger partial charge in [-0.15, -0.1) is 10.2 Å². The smallest absolute Gasteiger partial charge is 0.253 e. The molecule has 3 aromatic rings. The van der Waals surface area contributed by atoms with Gasteiger partial charge in [0.15, 0.2) is 5.82 Å². The Kier molecular flexibility index (Phi) is 5.02. The minimum atomic E-state index is 0.0979. The van der Waals surface area contributed by atoms with Crippen LogP contribution in [0.1, 0.15) is 21.5 Å². The third kappa shape index (κ3) is 3.71. The molecule has 3 heterocycles. The molecule has 0 spiro atoms. The molecule has 1 aromatic carbocycles. The van der Waals surface area contributed by atoms with E-state index in [1.165, 1.54) is 5.56 Å². The van der Waals surface area contributed by atoms with E-state index in [0.29, 0.717) is 13.1 Å².